The van der Waals surface area contributed by atoms with Gasteiger partial charge in [0.15, 0.2) is 0 Å². The van der Waals surface area contributed by atoms with Gasteiger partial charge in [0.1, 0.15) is 5.83 Å². The average Bonchev–Trinajstić information content (AvgIpc) is 2.53. The van der Waals surface area contributed by atoms with Crippen molar-refractivity contribution in [1.29, 1.82) is 0 Å². The van der Waals surface area contributed by atoms with Gasteiger partial charge in [-0.15, -0.1) is 0 Å². The van der Waals surface area contributed by atoms with Crippen molar-refractivity contribution in [3.63, 3.8) is 0 Å². The van der Waals surface area contributed by atoms with Crippen LogP contribution in [0.3, 0.4) is 0 Å². The second kappa shape index (κ2) is 4.73. The molecule has 0 unspecified atom stereocenters. The van der Waals surface area contributed by atoms with Gasteiger partial charge in [-0.1, -0.05) is 6.58 Å². The molecule has 1 rings (SSSR count). The second-order valence-corrected chi connectivity index (χ2v) is 3.40. The van der Waals surface area contributed by atoms with E-state index < -0.39 is 0 Å². The van der Waals surface area contributed by atoms with Gasteiger partial charge in [0.05, 0.1) is 5.69 Å². The summed E-state index contributed by atoms with van der Waals surface area (Å²) in [6.07, 6.45) is 4.22. The minimum absolute atomic E-state index is 0.351. The van der Waals surface area contributed by atoms with Crippen molar-refractivity contribution in [3.05, 3.63) is 48.1 Å². The zero-order chi connectivity index (χ0) is 11.4. The Morgan fingerprint density at radius 1 is 1.47 bits per heavy atom. The van der Waals surface area contributed by atoms with E-state index in [4.69, 9.17) is 0 Å². The summed E-state index contributed by atoms with van der Waals surface area (Å²) in [5.74, 6) is -0.351. The van der Waals surface area contributed by atoms with Crippen molar-refractivity contribution in [3.8, 4) is 0 Å². The number of aromatic nitrogens is 2. The van der Waals surface area contributed by atoms with Crippen molar-refractivity contribution in [2.45, 2.75) is 20.8 Å². The molecule has 0 saturated heterocycles. The first-order valence-corrected chi connectivity index (χ1v) is 4.74. The third-order valence-corrected chi connectivity index (χ3v) is 2.02. The van der Waals surface area contributed by atoms with Crippen LogP contribution in [0.2, 0.25) is 0 Å². The molecule has 1 heterocycles. The summed E-state index contributed by atoms with van der Waals surface area (Å²) < 4.78 is 14.6. The van der Waals surface area contributed by atoms with E-state index in [1.54, 1.807) is 10.8 Å². The number of aryl methyl sites for hydroxylation is 2. The molecule has 0 bridgehead atoms. The van der Waals surface area contributed by atoms with E-state index >= 15 is 0 Å². The van der Waals surface area contributed by atoms with Gasteiger partial charge in [0, 0.05) is 11.4 Å². The summed E-state index contributed by atoms with van der Waals surface area (Å²) in [7, 11) is 0. The number of rotatable bonds is 3. The summed E-state index contributed by atoms with van der Waals surface area (Å²) in [5.41, 5.74) is 2.86. The Labute approximate surface area is 89.4 Å². The average molecular weight is 206 g/mol. The minimum atomic E-state index is -0.351. The van der Waals surface area contributed by atoms with Crippen LogP contribution >= 0.6 is 0 Å². The fraction of sp³-hybridized carbons (Fsp3) is 0.250. The molecule has 0 aliphatic carbocycles. The number of nitrogens with zero attached hydrogens (tertiary/aromatic N) is 2. The Morgan fingerprint density at radius 2 is 2.13 bits per heavy atom. The predicted octanol–water partition coefficient (Wildman–Crippen LogP) is 3.40. The lowest BCUT2D eigenvalue weighted by atomic mass is 10.3. The van der Waals surface area contributed by atoms with Gasteiger partial charge in [-0.25, -0.2) is 9.07 Å². The van der Waals surface area contributed by atoms with Crippen molar-refractivity contribution < 1.29 is 4.39 Å². The lowest BCUT2D eigenvalue weighted by molar-refractivity contribution is 0.667. The van der Waals surface area contributed by atoms with Gasteiger partial charge in [-0.3, -0.25) is 0 Å². The highest BCUT2D eigenvalue weighted by atomic mass is 19.1. The molecular formula is C12H15FN2. The smallest absolute Gasteiger partial charge is 0.122 e. The topological polar surface area (TPSA) is 17.8 Å². The van der Waals surface area contributed by atoms with E-state index in [0.717, 1.165) is 17.1 Å². The van der Waals surface area contributed by atoms with Crippen molar-refractivity contribution in [2.75, 3.05) is 0 Å². The molecule has 0 fully saturated rings. The summed E-state index contributed by atoms with van der Waals surface area (Å²) in [6.45, 7) is 9.11. The first kappa shape index (κ1) is 11.4. The number of hydrogen-bond donors (Lipinski definition) is 0. The van der Waals surface area contributed by atoms with Gasteiger partial charge in [0.25, 0.3) is 0 Å². The van der Waals surface area contributed by atoms with Crippen LogP contribution in [-0.4, -0.2) is 9.78 Å². The summed E-state index contributed by atoms with van der Waals surface area (Å²) >= 11 is 0. The zero-order valence-corrected chi connectivity index (χ0v) is 9.29. The highest BCUT2D eigenvalue weighted by Gasteiger charge is 2.00. The fourth-order valence-electron chi connectivity index (χ4n) is 1.32. The number of hydrogen-bond acceptors (Lipinski definition) is 1. The van der Waals surface area contributed by atoms with E-state index in [2.05, 4.69) is 11.7 Å². The van der Waals surface area contributed by atoms with Gasteiger partial charge < -0.3 is 0 Å². The Balaban J connectivity index is 2.99. The van der Waals surface area contributed by atoms with Crippen LogP contribution in [0, 0.1) is 13.8 Å². The lowest BCUT2D eigenvalue weighted by Gasteiger charge is -2.02. The van der Waals surface area contributed by atoms with Crippen LogP contribution in [0.15, 0.2) is 36.7 Å². The SMILES string of the molecule is C=C/C(F)=C\C=C(/C)n1nc(C)cc1C. The molecule has 0 aromatic carbocycles. The van der Waals surface area contributed by atoms with E-state index in [1.807, 2.05) is 26.8 Å². The molecule has 0 amide bonds. The molecule has 0 aliphatic heterocycles. The minimum Gasteiger partial charge on any atom is -0.242 e. The quantitative estimate of drug-likeness (QED) is 0.693. The van der Waals surface area contributed by atoms with Crippen LogP contribution in [-0.2, 0) is 0 Å². The molecule has 2 nitrogen and oxygen atoms in total. The summed E-state index contributed by atoms with van der Waals surface area (Å²) in [5, 5.41) is 4.28. The molecule has 1 aromatic heterocycles. The molecular weight excluding hydrogens is 191 g/mol. The second-order valence-electron chi connectivity index (χ2n) is 3.40. The molecule has 0 radical (unpaired) electrons. The predicted molar refractivity (Wildman–Crippen MR) is 61.0 cm³/mol. The molecule has 3 heteroatoms. The number of halogens is 1. The van der Waals surface area contributed by atoms with Gasteiger partial charge in [-0.2, -0.15) is 5.10 Å². The Bertz CT molecular complexity index is 425. The van der Waals surface area contributed by atoms with Gasteiger partial charge >= 0.3 is 0 Å². The molecule has 0 atom stereocenters. The third-order valence-electron chi connectivity index (χ3n) is 2.02. The first-order chi connectivity index (χ1) is 7.04. The third kappa shape index (κ3) is 2.91. The van der Waals surface area contributed by atoms with Crippen LogP contribution in [0.4, 0.5) is 4.39 Å². The van der Waals surface area contributed by atoms with Crippen LogP contribution in [0.25, 0.3) is 5.70 Å². The standard InChI is InChI=1S/C12H15FN2/c1-5-12(13)7-6-10(3)15-11(4)8-9(2)14-15/h5-8H,1H2,2-4H3/b10-6+,12-7+. The Hall–Kier alpha value is -1.64. The van der Waals surface area contributed by atoms with Gasteiger partial charge in [0.2, 0.25) is 0 Å². The van der Waals surface area contributed by atoms with Crippen molar-refractivity contribution in [1.82, 2.24) is 9.78 Å². The fourth-order valence-corrected chi connectivity index (χ4v) is 1.32. The molecule has 80 valence electrons. The molecule has 15 heavy (non-hydrogen) atoms. The lowest BCUT2D eigenvalue weighted by Crippen LogP contribution is -1.98. The molecule has 1 aromatic rings. The molecule has 0 N–H and O–H groups in total. The molecule has 0 spiro atoms. The van der Waals surface area contributed by atoms with Gasteiger partial charge in [-0.05, 0) is 45.1 Å². The van der Waals surface area contributed by atoms with E-state index in [0.29, 0.717) is 0 Å². The van der Waals surface area contributed by atoms with Crippen LogP contribution in [0.5, 0.6) is 0 Å². The maximum absolute atomic E-state index is 12.8. The first-order valence-electron chi connectivity index (χ1n) is 4.74. The Kier molecular flexibility index (Phi) is 3.61. The molecule has 0 saturated carbocycles. The highest BCUT2D eigenvalue weighted by molar-refractivity contribution is 5.46. The van der Waals surface area contributed by atoms with Crippen molar-refractivity contribution >= 4 is 5.70 Å². The van der Waals surface area contributed by atoms with Crippen LogP contribution in [0.1, 0.15) is 18.3 Å². The monoisotopic (exact) mass is 206 g/mol. The zero-order valence-electron chi connectivity index (χ0n) is 9.29. The highest BCUT2D eigenvalue weighted by Crippen LogP contribution is 2.10. The largest absolute Gasteiger partial charge is 0.242 e. The van der Waals surface area contributed by atoms with Crippen LogP contribution < -0.4 is 0 Å². The number of allylic oxidation sites excluding steroid dienone is 5. The maximum atomic E-state index is 12.8. The maximum Gasteiger partial charge on any atom is 0.122 e. The summed E-state index contributed by atoms with van der Waals surface area (Å²) in [4.78, 5) is 0. The van der Waals surface area contributed by atoms with Crippen molar-refractivity contribution in [2.24, 2.45) is 0 Å². The van der Waals surface area contributed by atoms with E-state index in [9.17, 15) is 4.39 Å². The van der Waals surface area contributed by atoms with E-state index in [1.165, 1.54) is 12.2 Å². The normalized spacial score (nSPS) is 13.1. The van der Waals surface area contributed by atoms with E-state index in [-0.39, 0.29) is 5.83 Å². The Morgan fingerprint density at radius 3 is 2.60 bits per heavy atom. The molecule has 0 aliphatic rings. The summed E-state index contributed by atoms with van der Waals surface area (Å²) in [6, 6.07) is 1.98.